The molecule has 0 aromatic rings. The predicted octanol–water partition coefficient (Wildman–Crippen LogP) is 20.3. The molecule has 2 atom stereocenters. The van der Waals surface area contributed by atoms with Crippen molar-refractivity contribution in [1.29, 1.82) is 0 Å². The fraction of sp³-hybridized carbons (Fsp3) is 0.875. The van der Waals surface area contributed by atoms with Gasteiger partial charge in [0.15, 0.2) is 12.4 Å². The largest absolute Gasteiger partial charge is 0.545 e. The standard InChI is InChI=1S/C72H135NO8/c1-6-8-10-12-14-16-18-20-22-24-25-26-27-28-29-30-31-32-33-34-35-36-37-38-39-40-41-42-43-44-45-47-49-51-53-55-57-59-61-63-70(75)81-68(67-80-72(71(76)77)78-65-64-73(3,4)5)66-79-69(74)62-60-58-56-54-52-50-48-46-23-21-19-17-15-13-11-9-7-2/h18,20,24-25,27-28,68,72H,6-17,19,21-23,26,29-67H2,1-5H3/b20-18-,25-24-,28-27-. The van der Waals surface area contributed by atoms with E-state index >= 15 is 0 Å². The molecule has 0 heterocycles. The molecule has 0 saturated carbocycles. The molecule has 0 aromatic heterocycles. The van der Waals surface area contributed by atoms with Gasteiger partial charge < -0.3 is 33.3 Å². The molecule has 0 saturated heterocycles. The lowest BCUT2D eigenvalue weighted by molar-refractivity contribution is -0.870. The van der Waals surface area contributed by atoms with Crippen LogP contribution in [0.25, 0.3) is 0 Å². The lowest BCUT2D eigenvalue weighted by atomic mass is 10.0. The number of aliphatic carboxylic acids is 1. The molecule has 0 aliphatic carbocycles. The summed E-state index contributed by atoms with van der Waals surface area (Å²) < 4.78 is 22.8. The van der Waals surface area contributed by atoms with Crippen molar-refractivity contribution in [2.24, 2.45) is 0 Å². The second-order valence-corrected chi connectivity index (χ2v) is 25.2. The van der Waals surface area contributed by atoms with Crippen molar-refractivity contribution in [3.05, 3.63) is 36.5 Å². The zero-order valence-corrected chi connectivity index (χ0v) is 54.4. The fourth-order valence-electron chi connectivity index (χ4n) is 10.5. The van der Waals surface area contributed by atoms with E-state index in [1.807, 2.05) is 21.1 Å². The van der Waals surface area contributed by atoms with E-state index in [0.29, 0.717) is 17.4 Å². The van der Waals surface area contributed by atoms with E-state index in [1.165, 1.54) is 270 Å². The maximum Gasteiger partial charge on any atom is 0.306 e. The smallest absolute Gasteiger partial charge is 0.306 e. The highest BCUT2D eigenvalue weighted by Gasteiger charge is 2.22. The maximum absolute atomic E-state index is 12.9. The van der Waals surface area contributed by atoms with Gasteiger partial charge in [-0.3, -0.25) is 9.59 Å². The van der Waals surface area contributed by atoms with Crippen LogP contribution in [-0.4, -0.2) is 82.3 Å². The molecule has 0 bridgehead atoms. The van der Waals surface area contributed by atoms with Crippen LogP contribution in [0.3, 0.4) is 0 Å². The molecule has 9 nitrogen and oxygen atoms in total. The van der Waals surface area contributed by atoms with Crippen molar-refractivity contribution in [2.75, 3.05) is 47.5 Å². The van der Waals surface area contributed by atoms with Crippen LogP contribution in [0, 0.1) is 0 Å². The molecule has 0 spiro atoms. The molecular weight excluding hydrogens is 1010 g/mol. The average molecular weight is 1140 g/mol. The number of carbonyl (C=O) groups is 3. The first-order valence-corrected chi connectivity index (χ1v) is 35.1. The number of quaternary nitrogens is 1. The van der Waals surface area contributed by atoms with Crippen molar-refractivity contribution in [1.82, 2.24) is 0 Å². The molecule has 0 amide bonds. The van der Waals surface area contributed by atoms with E-state index < -0.39 is 24.3 Å². The molecule has 9 heteroatoms. The van der Waals surface area contributed by atoms with Crippen LogP contribution in [0.1, 0.15) is 348 Å². The van der Waals surface area contributed by atoms with Crippen LogP contribution in [-0.2, 0) is 33.3 Å². The van der Waals surface area contributed by atoms with Gasteiger partial charge in [-0.05, 0) is 51.4 Å². The van der Waals surface area contributed by atoms with Crippen molar-refractivity contribution in [2.45, 2.75) is 360 Å². The summed E-state index contributed by atoms with van der Waals surface area (Å²) in [6.45, 7) is 4.80. The number of rotatable bonds is 66. The van der Waals surface area contributed by atoms with Gasteiger partial charge in [-0.25, -0.2) is 0 Å². The van der Waals surface area contributed by atoms with Crippen LogP contribution in [0.5, 0.6) is 0 Å². The van der Waals surface area contributed by atoms with Crippen molar-refractivity contribution in [3.8, 4) is 0 Å². The quantitative estimate of drug-likeness (QED) is 0.0195. The van der Waals surface area contributed by atoms with Gasteiger partial charge in [0.1, 0.15) is 13.2 Å². The van der Waals surface area contributed by atoms with E-state index in [9.17, 15) is 19.5 Å². The van der Waals surface area contributed by atoms with E-state index in [-0.39, 0.29) is 32.2 Å². The molecule has 0 N–H and O–H groups in total. The number of unbranched alkanes of at least 4 members (excludes halogenated alkanes) is 45. The SMILES string of the molecule is CCCCCCC/C=C\C/C=C\C/C=C\CCCCCCCCCCCCCCCCCCCCCCCCCCC(=O)OC(COC(=O)CCCCCCCCCCCCCCCCCCC)COC(OCC[N+](C)(C)C)C(=O)[O-]. The van der Waals surface area contributed by atoms with Gasteiger partial charge in [-0.2, -0.15) is 0 Å². The minimum Gasteiger partial charge on any atom is -0.545 e. The highest BCUT2D eigenvalue weighted by Crippen LogP contribution is 2.19. The molecule has 476 valence electrons. The molecular formula is C72H135NO8. The number of hydrogen-bond acceptors (Lipinski definition) is 8. The second kappa shape index (κ2) is 63.5. The lowest BCUT2D eigenvalue weighted by Crippen LogP contribution is -2.44. The number of carboxylic acid groups (broad SMARTS) is 1. The highest BCUT2D eigenvalue weighted by molar-refractivity contribution is 5.70. The van der Waals surface area contributed by atoms with E-state index in [4.69, 9.17) is 18.9 Å². The topological polar surface area (TPSA) is 111 Å². The van der Waals surface area contributed by atoms with Crippen molar-refractivity contribution in [3.63, 3.8) is 0 Å². The third-order valence-corrected chi connectivity index (χ3v) is 15.9. The van der Waals surface area contributed by atoms with Gasteiger partial charge in [-0.15, -0.1) is 0 Å². The third kappa shape index (κ3) is 64.9. The van der Waals surface area contributed by atoms with Gasteiger partial charge >= 0.3 is 11.9 Å². The second-order valence-electron chi connectivity index (χ2n) is 25.2. The Bertz CT molecular complexity index is 1420. The summed E-state index contributed by atoms with van der Waals surface area (Å²) in [5, 5.41) is 11.8. The number of hydrogen-bond donors (Lipinski definition) is 0. The first kappa shape index (κ1) is 78.5. The van der Waals surface area contributed by atoms with Crippen molar-refractivity contribution < 1.29 is 42.9 Å². The van der Waals surface area contributed by atoms with Gasteiger partial charge in [-0.1, -0.05) is 320 Å². The third-order valence-electron chi connectivity index (χ3n) is 15.9. The average Bonchev–Trinajstić information content (AvgIpc) is 3.44. The normalized spacial score (nSPS) is 12.9. The Morgan fingerprint density at radius 2 is 0.667 bits per heavy atom. The summed E-state index contributed by atoms with van der Waals surface area (Å²) >= 11 is 0. The molecule has 0 rings (SSSR count). The molecule has 0 aliphatic rings. The molecule has 0 aromatic carbocycles. The summed E-state index contributed by atoms with van der Waals surface area (Å²) in [5.41, 5.74) is 0. The lowest BCUT2D eigenvalue weighted by Gasteiger charge is -2.26. The summed E-state index contributed by atoms with van der Waals surface area (Å²) in [5.74, 6) is -2.25. The number of carbonyl (C=O) groups excluding carboxylic acids is 3. The molecule has 0 fully saturated rings. The number of ether oxygens (including phenoxy) is 4. The minimum absolute atomic E-state index is 0.151. The van der Waals surface area contributed by atoms with Crippen LogP contribution in [0.2, 0.25) is 0 Å². The van der Waals surface area contributed by atoms with Gasteiger partial charge in [0.05, 0.1) is 40.3 Å². The van der Waals surface area contributed by atoms with E-state index in [1.54, 1.807) is 0 Å². The first-order chi connectivity index (χ1) is 39.6. The maximum atomic E-state index is 12.9. The molecule has 2 unspecified atom stereocenters. The van der Waals surface area contributed by atoms with Gasteiger partial charge in [0.25, 0.3) is 0 Å². The molecule has 0 aliphatic heterocycles. The number of allylic oxidation sites excluding steroid dienone is 6. The fourth-order valence-corrected chi connectivity index (χ4v) is 10.5. The Balaban J connectivity index is 3.95. The number of esters is 2. The zero-order valence-electron chi connectivity index (χ0n) is 54.4. The zero-order chi connectivity index (χ0) is 59.1. The Labute approximate surface area is 502 Å². The minimum atomic E-state index is -1.62. The Kier molecular flexibility index (Phi) is 61.6. The number of carboxylic acids is 1. The Morgan fingerprint density at radius 3 is 0.988 bits per heavy atom. The van der Waals surface area contributed by atoms with Crippen molar-refractivity contribution >= 4 is 17.9 Å². The summed E-state index contributed by atoms with van der Waals surface area (Å²) in [4.78, 5) is 37.4. The van der Waals surface area contributed by atoms with Crippen LogP contribution < -0.4 is 5.11 Å². The summed E-state index contributed by atoms with van der Waals surface area (Å²) in [6.07, 6.45) is 76.7. The van der Waals surface area contributed by atoms with Gasteiger partial charge in [0.2, 0.25) is 0 Å². The first-order valence-electron chi connectivity index (χ1n) is 35.1. The van der Waals surface area contributed by atoms with Crippen LogP contribution in [0.15, 0.2) is 36.5 Å². The van der Waals surface area contributed by atoms with Crippen LogP contribution >= 0.6 is 0 Å². The monoisotopic (exact) mass is 1140 g/mol. The Hall–Kier alpha value is -2.49. The highest BCUT2D eigenvalue weighted by atomic mass is 16.7. The molecule has 81 heavy (non-hydrogen) atoms. The Morgan fingerprint density at radius 1 is 0.370 bits per heavy atom. The molecule has 0 radical (unpaired) electrons. The number of likely N-dealkylation sites (N-methyl/N-ethyl adjacent to an activating group) is 1. The van der Waals surface area contributed by atoms with E-state index in [2.05, 4.69) is 50.3 Å². The summed E-state index contributed by atoms with van der Waals surface area (Å²) in [6, 6.07) is 0. The van der Waals surface area contributed by atoms with E-state index in [0.717, 1.165) is 51.4 Å². The van der Waals surface area contributed by atoms with Crippen LogP contribution in [0.4, 0.5) is 0 Å². The summed E-state index contributed by atoms with van der Waals surface area (Å²) in [7, 11) is 5.94. The predicted molar refractivity (Wildman–Crippen MR) is 343 cm³/mol. The number of nitrogens with zero attached hydrogens (tertiary/aromatic N) is 1. The van der Waals surface area contributed by atoms with Gasteiger partial charge in [0, 0.05) is 12.8 Å².